The molecule has 1 saturated heterocycles. The zero-order chi connectivity index (χ0) is 21.0. The summed E-state index contributed by atoms with van der Waals surface area (Å²) in [7, 11) is 0. The number of nitrogens with one attached hydrogen (secondary N) is 2. The minimum atomic E-state index is -0.104. The van der Waals surface area contributed by atoms with E-state index in [0.717, 1.165) is 67.6 Å². The molecule has 0 spiro atoms. The topological polar surface area (TPSA) is 97.2 Å². The van der Waals surface area contributed by atoms with E-state index >= 15 is 0 Å². The van der Waals surface area contributed by atoms with E-state index in [4.69, 9.17) is 4.74 Å². The normalized spacial score (nSPS) is 16.2. The summed E-state index contributed by atoms with van der Waals surface area (Å²) < 4.78 is 7.27. The Balaban J connectivity index is 1.17. The van der Waals surface area contributed by atoms with Gasteiger partial charge in [0, 0.05) is 35.7 Å². The van der Waals surface area contributed by atoms with Crippen LogP contribution in [0.1, 0.15) is 18.9 Å². The van der Waals surface area contributed by atoms with Crippen molar-refractivity contribution in [1.29, 1.82) is 0 Å². The summed E-state index contributed by atoms with van der Waals surface area (Å²) in [6, 6.07) is 16.1. The van der Waals surface area contributed by atoms with Crippen molar-refractivity contribution in [1.82, 2.24) is 20.2 Å². The summed E-state index contributed by atoms with van der Waals surface area (Å²) in [5.74, 6) is 0.656. The molecule has 1 aromatic heterocycles. The molecule has 2 heterocycles. The third kappa shape index (κ3) is 4.66. The first-order chi connectivity index (χ1) is 15.3. The Morgan fingerprint density at radius 2 is 1.87 bits per heavy atom. The number of aromatic nitrogens is 4. The summed E-state index contributed by atoms with van der Waals surface area (Å²) >= 11 is 0. The molecule has 1 aliphatic carbocycles. The molecular weight excluding hydrogens is 394 g/mol. The average Bonchev–Trinajstić information content (AvgIpc) is 3.55. The number of morpholine rings is 1. The lowest BCUT2D eigenvalue weighted by Gasteiger charge is -2.28. The SMILES string of the molecule is O=C(CNc1cccc(-c2nnnn2C2CC2)c1)Nc1ccc(N2CCOCC2)cc1. The number of anilines is 3. The predicted molar refractivity (Wildman–Crippen MR) is 118 cm³/mol. The molecule has 160 valence electrons. The van der Waals surface area contributed by atoms with Crippen molar-refractivity contribution < 1.29 is 9.53 Å². The van der Waals surface area contributed by atoms with E-state index < -0.39 is 0 Å². The van der Waals surface area contributed by atoms with E-state index in [1.165, 1.54) is 0 Å². The maximum Gasteiger partial charge on any atom is 0.243 e. The highest BCUT2D eigenvalue weighted by Gasteiger charge is 2.28. The van der Waals surface area contributed by atoms with Gasteiger partial charge in [-0.2, -0.15) is 0 Å². The molecule has 9 heteroatoms. The Hall–Kier alpha value is -3.46. The van der Waals surface area contributed by atoms with Gasteiger partial charge in [0.2, 0.25) is 5.91 Å². The molecule has 1 saturated carbocycles. The zero-order valence-electron chi connectivity index (χ0n) is 17.2. The van der Waals surface area contributed by atoms with Gasteiger partial charge in [0.25, 0.3) is 0 Å². The summed E-state index contributed by atoms with van der Waals surface area (Å²) in [6.45, 7) is 3.45. The molecule has 0 bridgehead atoms. The van der Waals surface area contributed by atoms with Crippen molar-refractivity contribution in [3.63, 3.8) is 0 Å². The Morgan fingerprint density at radius 1 is 1.06 bits per heavy atom. The van der Waals surface area contributed by atoms with E-state index in [2.05, 4.69) is 31.1 Å². The van der Waals surface area contributed by atoms with Crippen LogP contribution < -0.4 is 15.5 Å². The minimum Gasteiger partial charge on any atom is -0.378 e. The standard InChI is InChI=1S/C22H25N7O2/c30-21(24-17-4-6-19(7-5-17)28-10-12-31-13-11-28)15-23-18-3-1-2-16(14-18)22-25-26-27-29(22)20-8-9-20/h1-7,14,20,23H,8-13,15H2,(H,24,30). The second-order valence-corrected chi connectivity index (χ2v) is 7.81. The average molecular weight is 419 g/mol. The second kappa shape index (κ2) is 8.73. The highest BCUT2D eigenvalue weighted by atomic mass is 16.5. The lowest BCUT2D eigenvalue weighted by Crippen LogP contribution is -2.36. The molecule has 1 amide bonds. The van der Waals surface area contributed by atoms with Gasteiger partial charge in [-0.25, -0.2) is 4.68 Å². The van der Waals surface area contributed by atoms with Crippen LogP contribution in [0.15, 0.2) is 48.5 Å². The van der Waals surface area contributed by atoms with Crippen LogP contribution in [-0.2, 0) is 9.53 Å². The number of ether oxygens (including phenoxy) is 1. The molecule has 2 aliphatic rings. The largest absolute Gasteiger partial charge is 0.378 e. The van der Waals surface area contributed by atoms with Gasteiger partial charge >= 0.3 is 0 Å². The third-order valence-electron chi connectivity index (χ3n) is 5.49. The monoisotopic (exact) mass is 419 g/mol. The summed E-state index contributed by atoms with van der Waals surface area (Å²) in [5, 5.41) is 18.2. The summed E-state index contributed by atoms with van der Waals surface area (Å²) in [6.07, 6.45) is 2.23. The minimum absolute atomic E-state index is 0.104. The number of hydrogen-bond acceptors (Lipinski definition) is 7. The molecule has 3 aromatic rings. The lowest BCUT2D eigenvalue weighted by molar-refractivity contribution is -0.114. The maximum absolute atomic E-state index is 12.4. The van der Waals surface area contributed by atoms with Crippen LogP contribution in [0.25, 0.3) is 11.4 Å². The summed E-state index contributed by atoms with van der Waals surface area (Å²) in [5.41, 5.74) is 3.70. The highest BCUT2D eigenvalue weighted by molar-refractivity contribution is 5.94. The third-order valence-corrected chi connectivity index (χ3v) is 5.49. The Kier molecular flexibility index (Phi) is 5.49. The van der Waals surface area contributed by atoms with Gasteiger partial charge in [-0.1, -0.05) is 12.1 Å². The predicted octanol–water partition coefficient (Wildman–Crippen LogP) is 2.56. The van der Waals surface area contributed by atoms with Crippen molar-refractivity contribution >= 4 is 23.0 Å². The number of benzene rings is 2. The van der Waals surface area contributed by atoms with E-state index in [9.17, 15) is 4.79 Å². The van der Waals surface area contributed by atoms with Gasteiger partial charge in [-0.15, -0.1) is 5.10 Å². The number of amides is 1. The van der Waals surface area contributed by atoms with Gasteiger partial charge in [0.05, 0.1) is 25.8 Å². The van der Waals surface area contributed by atoms with E-state index in [0.29, 0.717) is 6.04 Å². The molecule has 2 fully saturated rings. The molecule has 2 N–H and O–H groups in total. The van der Waals surface area contributed by atoms with E-state index in [1.54, 1.807) is 0 Å². The van der Waals surface area contributed by atoms with Crippen LogP contribution >= 0.6 is 0 Å². The van der Waals surface area contributed by atoms with Crippen LogP contribution in [0, 0.1) is 0 Å². The number of carbonyl (C=O) groups excluding carboxylic acids is 1. The molecule has 31 heavy (non-hydrogen) atoms. The smallest absolute Gasteiger partial charge is 0.243 e. The quantitative estimate of drug-likeness (QED) is 0.607. The maximum atomic E-state index is 12.4. The van der Waals surface area contributed by atoms with Crippen LogP contribution in [0.5, 0.6) is 0 Å². The molecule has 0 atom stereocenters. The van der Waals surface area contributed by atoms with E-state index in [1.807, 2.05) is 53.2 Å². The number of nitrogens with zero attached hydrogens (tertiary/aromatic N) is 5. The molecule has 2 aromatic carbocycles. The van der Waals surface area contributed by atoms with Crippen molar-refractivity contribution in [2.75, 3.05) is 48.4 Å². The Labute approximate surface area is 180 Å². The number of rotatable bonds is 7. The first kappa shape index (κ1) is 19.5. The fourth-order valence-electron chi connectivity index (χ4n) is 3.68. The van der Waals surface area contributed by atoms with Crippen molar-refractivity contribution in [2.24, 2.45) is 0 Å². The first-order valence-electron chi connectivity index (χ1n) is 10.6. The van der Waals surface area contributed by atoms with Crippen molar-refractivity contribution in [3.05, 3.63) is 48.5 Å². The molecule has 0 unspecified atom stereocenters. The molecular formula is C22H25N7O2. The molecule has 5 rings (SSSR count). The first-order valence-corrected chi connectivity index (χ1v) is 10.6. The van der Waals surface area contributed by atoms with Crippen LogP contribution in [0.2, 0.25) is 0 Å². The van der Waals surface area contributed by atoms with Gasteiger partial charge in [-0.3, -0.25) is 4.79 Å². The Bertz CT molecular complexity index is 1040. The zero-order valence-corrected chi connectivity index (χ0v) is 17.2. The molecule has 1 aliphatic heterocycles. The van der Waals surface area contributed by atoms with Gasteiger partial charge < -0.3 is 20.3 Å². The van der Waals surface area contributed by atoms with Crippen molar-refractivity contribution in [3.8, 4) is 11.4 Å². The second-order valence-electron chi connectivity index (χ2n) is 7.81. The fraction of sp³-hybridized carbons (Fsp3) is 0.364. The van der Waals surface area contributed by atoms with Crippen LogP contribution in [-0.4, -0.2) is 59.0 Å². The molecule has 0 radical (unpaired) electrons. The van der Waals surface area contributed by atoms with Crippen LogP contribution in [0.4, 0.5) is 17.1 Å². The number of hydrogen-bond donors (Lipinski definition) is 2. The highest BCUT2D eigenvalue weighted by Crippen LogP contribution is 2.36. The fourth-order valence-corrected chi connectivity index (χ4v) is 3.68. The van der Waals surface area contributed by atoms with Gasteiger partial charge in [-0.05, 0) is 59.7 Å². The lowest BCUT2D eigenvalue weighted by atomic mass is 10.2. The van der Waals surface area contributed by atoms with Gasteiger partial charge in [0.15, 0.2) is 5.82 Å². The number of tetrazole rings is 1. The molecule has 9 nitrogen and oxygen atoms in total. The number of carbonyl (C=O) groups is 1. The van der Waals surface area contributed by atoms with Crippen LogP contribution in [0.3, 0.4) is 0 Å². The van der Waals surface area contributed by atoms with Gasteiger partial charge in [0.1, 0.15) is 0 Å². The van der Waals surface area contributed by atoms with E-state index in [-0.39, 0.29) is 12.5 Å². The Morgan fingerprint density at radius 3 is 2.65 bits per heavy atom. The summed E-state index contributed by atoms with van der Waals surface area (Å²) in [4.78, 5) is 14.7. The van der Waals surface area contributed by atoms with Crippen molar-refractivity contribution in [2.45, 2.75) is 18.9 Å².